The first-order chi connectivity index (χ1) is 8.95. The van der Waals surface area contributed by atoms with Crippen LogP contribution in [-0.2, 0) is 0 Å². The van der Waals surface area contributed by atoms with E-state index in [4.69, 9.17) is 10.2 Å². The van der Waals surface area contributed by atoms with Crippen molar-refractivity contribution in [3.63, 3.8) is 0 Å². The third-order valence-corrected chi connectivity index (χ3v) is 4.05. The van der Waals surface area contributed by atoms with E-state index in [1.807, 2.05) is 39.8 Å². The molecule has 0 saturated carbocycles. The van der Waals surface area contributed by atoms with Gasteiger partial charge < -0.3 is 10.2 Å². The first kappa shape index (κ1) is 14.2. The number of fused-ring (bicyclic) bond motifs is 1. The summed E-state index contributed by atoms with van der Waals surface area (Å²) in [5.74, 6) is 0.870. The number of nitrogens with two attached hydrogens (primary N) is 1. The maximum atomic E-state index is 12.4. The van der Waals surface area contributed by atoms with E-state index < -0.39 is 0 Å². The zero-order valence-corrected chi connectivity index (χ0v) is 12.6. The molecule has 1 aromatic carbocycles. The average Bonchev–Trinajstić information content (AvgIpc) is 2.36. The Morgan fingerprint density at radius 2 is 2.05 bits per heavy atom. The second kappa shape index (κ2) is 5.39. The van der Waals surface area contributed by atoms with Crippen LogP contribution in [0, 0.1) is 13.8 Å². The van der Waals surface area contributed by atoms with Gasteiger partial charge in [0, 0.05) is 17.2 Å². The SMILES string of the molecule is CCSc1oc2c([C@H](C)N)cc(C)cc2c(=O)c1C. The highest BCUT2D eigenvalue weighted by atomic mass is 32.2. The molecule has 2 aromatic rings. The molecule has 2 N–H and O–H groups in total. The molecule has 102 valence electrons. The van der Waals surface area contributed by atoms with E-state index in [1.54, 1.807) is 11.8 Å². The van der Waals surface area contributed by atoms with E-state index in [9.17, 15) is 4.79 Å². The van der Waals surface area contributed by atoms with Crippen LogP contribution in [0.25, 0.3) is 11.0 Å². The van der Waals surface area contributed by atoms with E-state index in [0.717, 1.165) is 16.9 Å². The van der Waals surface area contributed by atoms with Gasteiger partial charge in [-0.1, -0.05) is 24.8 Å². The number of rotatable bonds is 3. The highest BCUT2D eigenvalue weighted by molar-refractivity contribution is 7.99. The van der Waals surface area contributed by atoms with Crippen LogP contribution < -0.4 is 11.2 Å². The van der Waals surface area contributed by atoms with E-state index in [1.165, 1.54) is 0 Å². The first-order valence-corrected chi connectivity index (χ1v) is 7.40. The molecule has 0 saturated heterocycles. The zero-order chi connectivity index (χ0) is 14.2. The van der Waals surface area contributed by atoms with Gasteiger partial charge in [0.1, 0.15) is 5.58 Å². The summed E-state index contributed by atoms with van der Waals surface area (Å²) in [6, 6.07) is 3.71. The number of hydrogen-bond donors (Lipinski definition) is 1. The summed E-state index contributed by atoms with van der Waals surface area (Å²) in [5, 5.41) is 1.33. The standard InChI is InChI=1S/C15H19NO2S/c1-5-19-15-9(3)13(17)12-7-8(2)6-11(10(4)16)14(12)18-15/h6-7,10H,5,16H2,1-4H3/t10-/m0/s1. The summed E-state index contributed by atoms with van der Waals surface area (Å²) in [5.41, 5.74) is 9.27. The summed E-state index contributed by atoms with van der Waals surface area (Å²) < 4.78 is 5.94. The van der Waals surface area contributed by atoms with Crippen molar-refractivity contribution >= 4 is 22.7 Å². The first-order valence-electron chi connectivity index (χ1n) is 6.42. The average molecular weight is 277 g/mol. The van der Waals surface area contributed by atoms with Crippen molar-refractivity contribution in [3.05, 3.63) is 39.0 Å². The van der Waals surface area contributed by atoms with E-state index in [0.29, 0.717) is 21.6 Å². The molecule has 1 aromatic heterocycles. The minimum absolute atomic E-state index is 0.0443. The summed E-state index contributed by atoms with van der Waals surface area (Å²) >= 11 is 1.55. The van der Waals surface area contributed by atoms with Gasteiger partial charge in [0.25, 0.3) is 0 Å². The fourth-order valence-corrected chi connectivity index (χ4v) is 2.87. The molecule has 0 unspecified atom stereocenters. The Morgan fingerprint density at radius 3 is 2.63 bits per heavy atom. The van der Waals surface area contributed by atoms with Gasteiger partial charge >= 0.3 is 0 Å². The van der Waals surface area contributed by atoms with Crippen LogP contribution in [0.4, 0.5) is 0 Å². The van der Waals surface area contributed by atoms with E-state index >= 15 is 0 Å². The quantitative estimate of drug-likeness (QED) is 0.872. The normalized spacial score (nSPS) is 12.9. The topological polar surface area (TPSA) is 56.2 Å². The summed E-state index contributed by atoms with van der Waals surface area (Å²) in [6.07, 6.45) is 0. The fourth-order valence-electron chi connectivity index (χ4n) is 2.15. The van der Waals surface area contributed by atoms with Crippen LogP contribution in [0.2, 0.25) is 0 Å². The Bertz CT molecular complexity index is 674. The van der Waals surface area contributed by atoms with Crippen molar-refractivity contribution in [2.24, 2.45) is 5.73 Å². The fraction of sp³-hybridized carbons (Fsp3) is 0.400. The smallest absolute Gasteiger partial charge is 0.196 e. The van der Waals surface area contributed by atoms with Crippen molar-refractivity contribution in [2.75, 3.05) is 5.75 Å². The van der Waals surface area contributed by atoms with E-state index in [-0.39, 0.29) is 11.5 Å². The van der Waals surface area contributed by atoms with Gasteiger partial charge in [-0.05, 0) is 38.2 Å². The second-order valence-electron chi connectivity index (χ2n) is 4.80. The highest BCUT2D eigenvalue weighted by Gasteiger charge is 2.16. The van der Waals surface area contributed by atoms with Crippen LogP contribution in [0.15, 0.2) is 26.4 Å². The van der Waals surface area contributed by atoms with Gasteiger partial charge in [-0.2, -0.15) is 0 Å². The summed E-state index contributed by atoms with van der Waals surface area (Å²) in [6.45, 7) is 7.72. The largest absolute Gasteiger partial charge is 0.449 e. The molecular weight excluding hydrogens is 258 g/mol. The van der Waals surface area contributed by atoms with Crippen molar-refractivity contribution in [3.8, 4) is 0 Å². The molecule has 0 bridgehead atoms. The second-order valence-corrected chi connectivity index (χ2v) is 6.03. The maximum Gasteiger partial charge on any atom is 0.196 e. The van der Waals surface area contributed by atoms with Crippen LogP contribution >= 0.6 is 11.8 Å². The molecule has 0 aliphatic heterocycles. The third-order valence-electron chi connectivity index (χ3n) is 3.11. The maximum absolute atomic E-state index is 12.4. The molecule has 0 aliphatic rings. The van der Waals surface area contributed by atoms with Crippen molar-refractivity contribution < 1.29 is 4.42 Å². The van der Waals surface area contributed by atoms with Gasteiger partial charge in [-0.15, -0.1) is 0 Å². The number of aryl methyl sites for hydroxylation is 1. The van der Waals surface area contributed by atoms with E-state index in [2.05, 4.69) is 0 Å². The van der Waals surface area contributed by atoms with Crippen LogP contribution in [0.3, 0.4) is 0 Å². The Labute approximate surface area is 117 Å². The minimum Gasteiger partial charge on any atom is -0.449 e. The molecule has 0 spiro atoms. The van der Waals surface area contributed by atoms with Gasteiger partial charge in [-0.25, -0.2) is 0 Å². The Kier molecular flexibility index (Phi) is 4.02. The predicted octanol–water partition coefficient (Wildman–Crippen LogP) is 3.54. The monoisotopic (exact) mass is 277 g/mol. The molecule has 1 atom stereocenters. The number of thioether (sulfide) groups is 1. The molecule has 0 amide bonds. The predicted molar refractivity (Wildman–Crippen MR) is 81.0 cm³/mol. The van der Waals surface area contributed by atoms with Gasteiger partial charge in [0.05, 0.1) is 5.39 Å². The van der Waals surface area contributed by atoms with Gasteiger partial charge in [0.15, 0.2) is 10.5 Å². The summed E-state index contributed by atoms with van der Waals surface area (Å²) in [7, 11) is 0. The lowest BCUT2D eigenvalue weighted by molar-refractivity contribution is 0.487. The van der Waals surface area contributed by atoms with Crippen molar-refractivity contribution in [1.29, 1.82) is 0 Å². The zero-order valence-electron chi connectivity index (χ0n) is 11.7. The molecule has 0 fully saturated rings. The molecule has 0 radical (unpaired) electrons. The van der Waals surface area contributed by atoms with Gasteiger partial charge in [0.2, 0.25) is 0 Å². The molecule has 3 nitrogen and oxygen atoms in total. The number of hydrogen-bond acceptors (Lipinski definition) is 4. The molecule has 1 heterocycles. The highest BCUT2D eigenvalue weighted by Crippen LogP contribution is 2.29. The Morgan fingerprint density at radius 1 is 1.37 bits per heavy atom. The molecule has 19 heavy (non-hydrogen) atoms. The lowest BCUT2D eigenvalue weighted by atomic mass is 10.0. The van der Waals surface area contributed by atoms with Crippen molar-refractivity contribution in [2.45, 2.75) is 38.8 Å². The van der Waals surface area contributed by atoms with Crippen molar-refractivity contribution in [1.82, 2.24) is 0 Å². The third kappa shape index (κ3) is 2.55. The van der Waals surface area contributed by atoms with Crippen LogP contribution in [0.1, 0.15) is 36.6 Å². The van der Waals surface area contributed by atoms with Crippen LogP contribution in [0.5, 0.6) is 0 Å². The molecular formula is C15H19NO2S. The minimum atomic E-state index is -0.160. The lowest BCUT2D eigenvalue weighted by Gasteiger charge is -2.12. The lowest BCUT2D eigenvalue weighted by Crippen LogP contribution is -2.12. The number of benzene rings is 1. The Hall–Kier alpha value is -1.26. The molecule has 0 aliphatic carbocycles. The molecule has 2 rings (SSSR count). The summed E-state index contributed by atoms with van der Waals surface area (Å²) in [4.78, 5) is 12.4. The van der Waals surface area contributed by atoms with Crippen LogP contribution in [-0.4, -0.2) is 5.75 Å². The van der Waals surface area contributed by atoms with Gasteiger partial charge in [-0.3, -0.25) is 4.79 Å². The molecule has 4 heteroatoms. The Balaban J connectivity index is 2.88.